The van der Waals surface area contributed by atoms with Crippen LogP contribution in [0, 0.1) is 11.8 Å². The number of fused-ring (bicyclic) bond motifs is 6. The van der Waals surface area contributed by atoms with E-state index >= 15 is 0 Å². The number of aryl methyl sites for hydroxylation is 4. The molecule has 12 rings (SSSR count). The Morgan fingerprint density at radius 3 is 1.48 bits per heavy atom. The van der Waals surface area contributed by atoms with Crippen LogP contribution in [0.3, 0.4) is 0 Å². The van der Waals surface area contributed by atoms with Crippen LogP contribution >= 0.6 is 69.9 Å². The van der Waals surface area contributed by atoms with Crippen molar-refractivity contribution in [1.82, 2.24) is 30.7 Å². The van der Waals surface area contributed by atoms with E-state index in [1.165, 1.54) is 43.6 Å². The molecule has 4 aromatic rings. The second kappa shape index (κ2) is 26.1. The number of ether oxygens (including phenoxy) is 2. The molecule has 0 unspecified atom stereocenters. The number of rotatable bonds is 7. The van der Waals surface area contributed by atoms with Crippen molar-refractivity contribution in [2.75, 3.05) is 36.6 Å². The lowest BCUT2D eigenvalue weighted by Crippen LogP contribution is -2.48. The van der Waals surface area contributed by atoms with Crippen LogP contribution in [-0.4, -0.2) is 101 Å². The number of nitrogens with zero attached hydrogens (tertiary/aromatic N) is 3. The first-order valence-electron chi connectivity index (χ1n) is 25.9. The van der Waals surface area contributed by atoms with E-state index in [9.17, 15) is 38.4 Å². The fourth-order valence-electron chi connectivity index (χ4n) is 11.8. The number of hydrogen-bond donors (Lipinski definition) is 5. The fraction of sp³-hybridized carbons (Fsp3) is 0.429. The third-order valence-electron chi connectivity index (χ3n) is 16.0. The lowest BCUT2D eigenvalue weighted by Gasteiger charge is -2.31. The number of carbonyl (C=O) groups is 8. The van der Waals surface area contributed by atoms with Crippen LogP contribution in [0.4, 0.5) is 30.6 Å². The first-order chi connectivity index (χ1) is 36.2. The maximum absolute atomic E-state index is 13.7. The molecule has 5 N–H and O–H groups in total. The third-order valence-corrected chi connectivity index (χ3v) is 16.5. The van der Waals surface area contributed by atoms with Gasteiger partial charge in [0.05, 0.1) is 5.33 Å². The minimum absolute atomic E-state index is 0. The fourth-order valence-corrected chi connectivity index (χ4v) is 12.1. The summed E-state index contributed by atoms with van der Waals surface area (Å²) in [5, 5.41) is 12.9. The van der Waals surface area contributed by atoms with Crippen molar-refractivity contribution >= 4 is 129 Å². The third kappa shape index (κ3) is 12.8. The second-order valence-corrected chi connectivity index (χ2v) is 21.1. The molecule has 4 atom stereocenters. The van der Waals surface area contributed by atoms with E-state index in [1.807, 2.05) is 17.0 Å². The zero-order valence-electron chi connectivity index (χ0n) is 44.0. The molecule has 4 aliphatic carbocycles. The van der Waals surface area contributed by atoms with Gasteiger partial charge >= 0.3 is 24.2 Å². The summed E-state index contributed by atoms with van der Waals surface area (Å²) in [7, 11) is 3.06. The summed E-state index contributed by atoms with van der Waals surface area (Å²) < 4.78 is 10.9. The molecule has 0 bridgehead atoms. The summed E-state index contributed by atoms with van der Waals surface area (Å²) in [6.45, 7) is 0.959. The number of benzene rings is 4. The molecular weight excluding hydrogens is 1150 g/mol. The number of amides is 10. The van der Waals surface area contributed by atoms with Gasteiger partial charge in [-0.3, -0.25) is 24.5 Å². The Balaban J connectivity index is 0.000000204. The van der Waals surface area contributed by atoms with Crippen LogP contribution in [0.15, 0.2) is 84.9 Å². The molecule has 424 valence electrons. The quantitative estimate of drug-likeness (QED) is 0.113. The summed E-state index contributed by atoms with van der Waals surface area (Å²) in [6, 6.07) is 27.0. The van der Waals surface area contributed by atoms with E-state index in [-0.39, 0.29) is 90.4 Å². The first kappa shape index (κ1) is 62.3. The molecule has 2 spiro atoms. The number of urea groups is 2. The Labute approximate surface area is 495 Å². The molecule has 18 nitrogen and oxygen atoms in total. The molecule has 79 heavy (non-hydrogen) atoms. The molecule has 2 saturated heterocycles. The topological polar surface area (TPSA) is 225 Å². The van der Waals surface area contributed by atoms with E-state index in [1.54, 1.807) is 36.4 Å². The maximum Gasteiger partial charge on any atom is 0.418 e. The summed E-state index contributed by atoms with van der Waals surface area (Å²) in [5.74, 6) is 0.332. The summed E-state index contributed by atoms with van der Waals surface area (Å²) in [6.07, 6.45) is 9.21. The van der Waals surface area contributed by atoms with Crippen molar-refractivity contribution in [1.29, 1.82) is 0 Å². The molecular formula is C56H69BrN8O10S4. The summed E-state index contributed by atoms with van der Waals surface area (Å²) in [5.41, 5.74) is 6.76. The van der Waals surface area contributed by atoms with Crippen LogP contribution in [0.2, 0.25) is 0 Å². The van der Waals surface area contributed by atoms with E-state index < -0.39 is 35.2 Å². The number of halogens is 1. The van der Waals surface area contributed by atoms with Crippen LogP contribution in [0.25, 0.3) is 0 Å². The van der Waals surface area contributed by atoms with E-state index in [0.717, 1.165) is 72.6 Å². The number of hydrogen-bond acceptors (Lipinski definition) is 10. The predicted octanol–water partition coefficient (Wildman–Crippen LogP) is 7.74. The van der Waals surface area contributed by atoms with Gasteiger partial charge in [-0.25, -0.2) is 24.1 Å². The molecule has 4 aliphatic heterocycles. The van der Waals surface area contributed by atoms with Gasteiger partial charge in [0.25, 0.3) is 11.8 Å². The summed E-state index contributed by atoms with van der Waals surface area (Å²) >= 11 is 3.32. The van der Waals surface area contributed by atoms with Crippen LogP contribution in [-0.2, 0) is 78.6 Å². The van der Waals surface area contributed by atoms with Gasteiger partial charge in [0.2, 0.25) is 23.0 Å². The van der Waals surface area contributed by atoms with Gasteiger partial charge in [-0.1, -0.05) is 76.6 Å². The number of alkyl carbamates (subject to hydrolysis) is 1. The largest absolute Gasteiger partial charge is 0.427 e. The second-order valence-electron chi connectivity index (χ2n) is 20.5. The highest BCUT2D eigenvalue weighted by Crippen LogP contribution is 2.47. The Morgan fingerprint density at radius 1 is 0.582 bits per heavy atom. The average molecular weight is 1220 g/mol. The maximum atomic E-state index is 13.7. The standard InChI is InChI=1S/C28H30N4O5.C15H18BrNO.C13H13N3O4.4H2S/c1-29-26(35)30-21-9-10-22-19(14-21)12-13-28(22)25(34)32(27(36)37-28)16-24(33)31-15-20-5-3-2-4-17(20)8-11-23(31)18-6-7-18;16-9-15(18)17-10-13-4-2-1-3-11(13)7-8-14(17)12-5-6-12;1-14-11(18)15-8-2-3-9-7(6-8)4-5-13(9)10(17)16-12(19)20-13;;;;/h2-5,9-10,14,18,23H,6-8,11-13,15-16H2,1H3,(H2,29,30,35);1-4,12,14H,5-10H2;2-3,6H,4-5H2,1H3,(H2,14,15,18)(H,16,17,19);4*1H2/t23-,28-;14-;13-;;;;/m000..../s1. The lowest BCUT2D eigenvalue weighted by atomic mass is 9.94. The van der Waals surface area contributed by atoms with E-state index in [0.29, 0.717) is 72.0 Å². The van der Waals surface area contributed by atoms with Crippen LogP contribution < -0.4 is 26.6 Å². The zero-order chi connectivity index (χ0) is 52.6. The van der Waals surface area contributed by atoms with Crippen molar-refractivity contribution in [2.45, 2.75) is 113 Å². The van der Waals surface area contributed by atoms with Crippen molar-refractivity contribution in [3.8, 4) is 0 Å². The van der Waals surface area contributed by atoms with Gasteiger partial charge in [-0.15, -0.1) is 0 Å². The normalized spacial score (nSPS) is 22.6. The number of imide groups is 2. The molecule has 2 saturated carbocycles. The highest BCUT2D eigenvalue weighted by molar-refractivity contribution is 9.09. The highest BCUT2D eigenvalue weighted by atomic mass is 79.9. The minimum atomic E-state index is -1.42. The monoisotopic (exact) mass is 1220 g/mol. The van der Waals surface area contributed by atoms with Gasteiger partial charge in [0.15, 0.2) is 0 Å². The number of nitrogens with one attached hydrogen (secondary N) is 5. The molecule has 8 aliphatic rings. The van der Waals surface area contributed by atoms with E-state index in [2.05, 4.69) is 83.8 Å². The molecule has 4 fully saturated rings. The lowest BCUT2D eigenvalue weighted by molar-refractivity contribution is -0.143. The Kier molecular flexibility index (Phi) is 20.6. The number of alkyl halides is 1. The number of carbonyl (C=O) groups excluding carboxylic acids is 8. The number of anilines is 2. The van der Waals surface area contributed by atoms with Crippen molar-refractivity contribution in [3.05, 3.63) is 129 Å². The first-order valence-corrected chi connectivity index (χ1v) is 27.0. The van der Waals surface area contributed by atoms with E-state index in [4.69, 9.17) is 9.47 Å². The van der Waals surface area contributed by atoms with Crippen molar-refractivity contribution < 1.29 is 47.8 Å². The molecule has 0 radical (unpaired) electrons. The smallest absolute Gasteiger partial charge is 0.418 e. The minimum Gasteiger partial charge on any atom is -0.427 e. The zero-order valence-corrected chi connectivity index (χ0v) is 49.6. The van der Waals surface area contributed by atoms with Crippen molar-refractivity contribution in [2.24, 2.45) is 11.8 Å². The van der Waals surface area contributed by atoms with Gasteiger partial charge in [0.1, 0.15) is 6.54 Å². The van der Waals surface area contributed by atoms with Gasteiger partial charge in [-0.2, -0.15) is 54.0 Å². The molecule has 0 aromatic heterocycles. The molecule has 10 amide bonds. The molecule has 23 heteroatoms. The highest BCUT2D eigenvalue weighted by Gasteiger charge is 2.59. The SMILES string of the molecule is CNC(=O)Nc1ccc2c(c1)CC[C@]21OC(=O)N(CC(=O)N2Cc3ccccc3CC[C@H]2C2CC2)C1=O.CNC(=O)Nc1ccc2c(c1)CC[C@]21OC(=O)NC1=O.O=C(CBr)N1Cc2ccccc2CC[C@H]1C1CC1.S.S.S.S. The van der Waals surface area contributed by atoms with Gasteiger partial charge < -0.3 is 40.5 Å². The summed E-state index contributed by atoms with van der Waals surface area (Å²) in [4.78, 5) is 104. The van der Waals surface area contributed by atoms with Crippen LogP contribution in [0.5, 0.6) is 0 Å². The average Bonchev–Trinajstić information content (AvgIpc) is 4.42. The van der Waals surface area contributed by atoms with Gasteiger partial charge in [-0.05, 0) is 134 Å². The van der Waals surface area contributed by atoms with Gasteiger partial charge in [0, 0.05) is 74.6 Å². The predicted molar refractivity (Wildman–Crippen MR) is 321 cm³/mol. The molecule has 4 heterocycles. The van der Waals surface area contributed by atoms with Crippen LogP contribution in [0.1, 0.15) is 95.9 Å². The Morgan fingerprint density at radius 2 is 1.04 bits per heavy atom. The Hall–Kier alpha value is -5.88. The van der Waals surface area contributed by atoms with Crippen molar-refractivity contribution in [3.63, 3.8) is 0 Å². The Bertz CT molecular complexity index is 3000. The molecule has 4 aromatic carbocycles.